The van der Waals surface area contributed by atoms with Crippen LogP contribution in [-0.2, 0) is 9.22 Å². The van der Waals surface area contributed by atoms with Gasteiger partial charge in [0, 0.05) is 13.0 Å². The lowest BCUT2D eigenvalue weighted by molar-refractivity contribution is -0.137. The first-order valence-electron chi connectivity index (χ1n) is 12.7. The smallest absolute Gasteiger partial charge is 0.204 e. The fourth-order valence-corrected chi connectivity index (χ4v) is 8.71. The van der Waals surface area contributed by atoms with Gasteiger partial charge >= 0.3 is 0 Å². The highest BCUT2D eigenvalue weighted by molar-refractivity contribution is 6.48. The zero-order valence-electron chi connectivity index (χ0n) is 20.6. The Bertz CT molecular complexity index is 704. The Kier molecular flexibility index (Phi) is 5.97. The number of hydrogen-bond acceptors (Lipinski definition) is 2. The van der Waals surface area contributed by atoms with Gasteiger partial charge in [-0.3, -0.25) is 4.79 Å². The maximum absolute atomic E-state index is 13.4. The summed E-state index contributed by atoms with van der Waals surface area (Å²) in [5, 5.41) is 0. The maximum Gasteiger partial charge on any atom is 0.204 e. The fourth-order valence-electron chi connectivity index (χ4n) is 8.16. The molecule has 0 aromatic carbocycles. The van der Waals surface area contributed by atoms with Crippen LogP contribution in [0.3, 0.4) is 0 Å². The minimum atomic E-state index is -0.767. The molecule has 7 atom stereocenters. The topological polar surface area (TPSA) is 26.3 Å². The van der Waals surface area contributed by atoms with Crippen molar-refractivity contribution in [3.63, 3.8) is 0 Å². The van der Waals surface area contributed by atoms with E-state index in [2.05, 4.69) is 53.8 Å². The Labute approximate surface area is 187 Å². The van der Waals surface area contributed by atoms with Crippen LogP contribution in [-0.4, -0.2) is 21.4 Å². The van der Waals surface area contributed by atoms with Crippen molar-refractivity contribution < 1.29 is 9.22 Å². The molecule has 3 heteroatoms. The van der Waals surface area contributed by atoms with Crippen LogP contribution in [0.4, 0.5) is 0 Å². The van der Waals surface area contributed by atoms with Gasteiger partial charge in [0.15, 0.2) is 0 Å². The number of Topliss-reactive ketones (excluding diaryl/α,β-unsaturated/α-hetero) is 1. The number of fused-ring (bicyclic) bond motifs is 5. The Balaban J connectivity index is 1.66. The van der Waals surface area contributed by atoms with E-state index >= 15 is 0 Å². The number of hydrogen-bond donors (Lipinski definition) is 0. The van der Waals surface area contributed by atoms with E-state index in [0.717, 1.165) is 31.1 Å². The minimum absolute atomic E-state index is 0.173. The van der Waals surface area contributed by atoms with Crippen LogP contribution < -0.4 is 0 Å². The van der Waals surface area contributed by atoms with E-state index < -0.39 is 9.04 Å². The normalized spacial score (nSPS) is 43.8. The molecule has 30 heavy (non-hydrogen) atoms. The molecule has 0 unspecified atom stereocenters. The summed E-state index contributed by atoms with van der Waals surface area (Å²) >= 11 is 0. The number of carbonyl (C=O) groups is 1. The van der Waals surface area contributed by atoms with Crippen molar-refractivity contribution in [2.45, 2.75) is 99.1 Å². The number of carbonyl (C=O) groups excluding carboxylic acids is 1. The average molecular weight is 430 g/mol. The molecule has 0 bridgehead atoms. The van der Waals surface area contributed by atoms with Crippen molar-refractivity contribution in [3.8, 4) is 0 Å². The van der Waals surface area contributed by atoms with E-state index in [0.29, 0.717) is 41.0 Å². The van der Waals surface area contributed by atoms with Gasteiger partial charge in [-0.05, 0) is 92.0 Å². The number of ketones is 1. The van der Waals surface area contributed by atoms with E-state index in [1.165, 1.54) is 32.1 Å². The first-order valence-corrected chi connectivity index (χ1v) is 15.1. The number of rotatable bonds is 4. The zero-order valence-corrected chi connectivity index (χ0v) is 21.6. The average Bonchev–Trinajstić information content (AvgIpc) is 2.97. The van der Waals surface area contributed by atoms with Crippen molar-refractivity contribution >= 4 is 14.8 Å². The SMILES string of the molecule is CC[C@@H]1CC(=O)[C@@]2(CO[Si](C)C)CC[C@H]3[C@@H](CC=C4C[C@@H](C(C)(C)C)CC[C@@]43C)[C@H]12. The summed E-state index contributed by atoms with van der Waals surface area (Å²) in [6.07, 6.45) is 12.1. The van der Waals surface area contributed by atoms with Gasteiger partial charge in [0.05, 0.1) is 5.41 Å². The summed E-state index contributed by atoms with van der Waals surface area (Å²) in [4.78, 5) is 13.4. The molecule has 0 amide bonds. The molecule has 2 nitrogen and oxygen atoms in total. The summed E-state index contributed by atoms with van der Waals surface area (Å²) in [5.41, 5.74) is 2.37. The zero-order chi connectivity index (χ0) is 21.9. The van der Waals surface area contributed by atoms with Crippen molar-refractivity contribution in [1.82, 2.24) is 0 Å². The molecule has 0 saturated heterocycles. The third-order valence-corrected chi connectivity index (χ3v) is 10.8. The summed E-state index contributed by atoms with van der Waals surface area (Å²) < 4.78 is 6.28. The lowest BCUT2D eigenvalue weighted by Crippen LogP contribution is -2.54. The molecule has 4 aliphatic carbocycles. The molecule has 0 aromatic heterocycles. The highest BCUT2D eigenvalue weighted by atomic mass is 28.3. The first-order chi connectivity index (χ1) is 14.0. The molecule has 3 fully saturated rings. The lowest BCUT2D eigenvalue weighted by Gasteiger charge is -2.59. The predicted molar refractivity (Wildman–Crippen MR) is 127 cm³/mol. The Morgan fingerprint density at radius 3 is 2.53 bits per heavy atom. The highest BCUT2D eigenvalue weighted by Crippen LogP contribution is 2.66. The maximum atomic E-state index is 13.4. The Morgan fingerprint density at radius 1 is 1.17 bits per heavy atom. The largest absolute Gasteiger partial charge is 0.416 e. The van der Waals surface area contributed by atoms with Gasteiger partial charge < -0.3 is 4.43 Å². The van der Waals surface area contributed by atoms with Gasteiger partial charge in [-0.15, -0.1) is 0 Å². The quantitative estimate of drug-likeness (QED) is 0.353. The third kappa shape index (κ3) is 3.51. The first kappa shape index (κ1) is 22.8. The van der Waals surface area contributed by atoms with Crippen LogP contribution in [0.5, 0.6) is 0 Å². The summed E-state index contributed by atoms with van der Waals surface area (Å²) in [6.45, 7) is 17.3. The van der Waals surface area contributed by atoms with Crippen LogP contribution in [0.15, 0.2) is 11.6 Å². The monoisotopic (exact) mass is 429 g/mol. The van der Waals surface area contributed by atoms with Crippen LogP contribution in [0.1, 0.15) is 86.0 Å². The Morgan fingerprint density at radius 2 is 1.90 bits per heavy atom. The molecular formula is C27H45O2Si. The van der Waals surface area contributed by atoms with Crippen molar-refractivity contribution in [3.05, 3.63) is 11.6 Å². The van der Waals surface area contributed by atoms with E-state index in [-0.39, 0.29) is 5.41 Å². The molecular weight excluding hydrogens is 384 g/mol. The predicted octanol–water partition coefficient (Wildman–Crippen LogP) is 7.06. The second kappa shape index (κ2) is 7.87. The standard InChI is InChI=1S/C27H45O2Si/c1-8-18-15-23(28)27(17-29-30(6)7)14-12-22-21(24(18)27)10-9-20-16-19(25(2,3)4)11-13-26(20,22)5/h9,18-19,21-22,24H,8,10-17H2,1-7H3/t18-,19+,21-,22+,24+,26+,27+/m1/s1. The molecule has 3 saturated carbocycles. The van der Waals surface area contributed by atoms with E-state index in [1.807, 2.05) is 0 Å². The lowest BCUT2D eigenvalue weighted by atomic mass is 9.46. The molecule has 0 heterocycles. The molecule has 4 rings (SSSR count). The second-order valence-corrected chi connectivity index (χ2v) is 14.8. The van der Waals surface area contributed by atoms with E-state index in [1.54, 1.807) is 5.57 Å². The molecule has 0 spiro atoms. The number of allylic oxidation sites excluding steroid dienone is 2. The van der Waals surface area contributed by atoms with Crippen molar-refractivity contribution in [2.75, 3.05) is 6.61 Å². The van der Waals surface area contributed by atoms with Gasteiger partial charge in [-0.2, -0.15) is 0 Å². The molecule has 0 aliphatic heterocycles. The second-order valence-electron chi connectivity index (χ2n) is 12.7. The summed E-state index contributed by atoms with van der Waals surface area (Å²) in [5.74, 6) is 3.92. The van der Waals surface area contributed by atoms with Crippen molar-refractivity contribution in [1.29, 1.82) is 0 Å². The van der Waals surface area contributed by atoms with Crippen molar-refractivity contribution in [2.24, 2.45) is 45.8 Å². The molecule has 0 N–H and O–H groups in total. The van der Waals surface area contributed by atoms with E-state index in [4.69, 9.17) is 4.43 Å². The summed E-state index contributed by atoms with van der Waals surface area (Å²) in [6, 6.07) is 0. The third-order valence-electron chi connectivity index (χ3n) is 10.1. The van der Waals surface area contributed by atoms with Gasteiger partial charge in [-0.1, -0.05) is 52.7 Å². The van der Waals surface area contributed by atoms with Crippen LogP contribution in [0.2, 0.25) is 13.1 Å². The summed E-state index contributed by atoms with van der Waals surface area (Å²) in [7, 11) is -0.767. The van der Waals surface area contributed by atoms with Gasteiger partial charge in [0.25, 0.3) is 0 Å². The van der Waals surface area contributed by atoms with Gasteiger partial charge in [-0.25, -0.2) is 0 Å². The molecule has 4 aliphatic rings. The van der Waals surface area contributed by atoms with Crippen LogP contribution in [0, 0.1) is 45.8 Å². The molecule has 0 aromatic rings. The van der Waals surface area contributed by atoms with E-state index in [9.17, 15) is 4.79 Å². The fraction of sp³-hybridized carbons (Fsp3) is 0.889. The van der Waals surface area contributed by atoms with Crippen LogP contribution >= 0.6 is 0 Å². The molecule has 1 radical (unpaired) electrons. The molecule has 169 valence electrons. The van der Waals surface area contributed by atoms with Gasteiger partial charge in [0.2, 0.25) is 9.04 Å². The highest BCUT2D eigenvalue weighted by Gasteiger charge is 2.63. The Hall–Kier alpha value is -0.413. The van der Waals surface area contributed by atoms with Crippen LogP contribution in [0.25, 0.3) is 0 Å². The minimum Gasteiger partial charge on any atom is -0.416 e. The van der Waals surface area contributed by atoms with Gasteiger partial charge in [0.1, 0.15) is 5.78 Å².